The van der Waals surface area contributed by atoms with Gasteiger partial charge in [0.15, 0.2) is 17.0 Å². The Morgan fingerprint density at radius 3 is 2.73 bits per heavy atom. The molecule has 0 radical (unpaired) electrons. The van der Waals surface area contributed by atoms with Gasteiger partial charge in [-0.1, -0.05) is 17.4 Å². The van der Waals surface area contributed by atoms with Gasteiger partial charge < -0.3 is 19.5 Å². The highest BCUT2D eigenvalue weighted by molar-refractivity contribution is 7.14. The van der Waals surface area contributed by atoms with Crippen LogP contribution >= 0.6 is 11.3 Å². The van der Waals surface area contributed by atoms with Crippen molar-refractivity contribution in [1.29, 1.82) is 0 Å². The lowest BCUT2D eigenvalue weighted by Crippen LogP contribution is -2.52. The molecule has 0 amide bonds. The lowest BCUT2D eigenvalue weighted by molar-refractivity contribution is -0.0914. The summed E-state index contributed by atoms with van der Waals surface area (Å²) in [4.78, 5) is 14.7. The van der Waals surface area contributed by atoms with Crippen molar-refractivity contribution in [1.82, 2.24) is 19.7 Å². The van der Waals surface area contributed by atoms with E-state index < -0.39 is 29.0 Å². The number of fused-ring (bicyclic) bond motifs is 1. The molecule has 0 saturated carbocycles. The van der Waals surface area contributed by atoms with Gasteiger partial charge in [0, 0.05) is 38.4 Å². The van der Waals surface area contributed by atoms with Gasteiger partial charge in [-0.05, 0) is 25.5 Å². The monoisotopic (exact) mass is 478 g/mol. The van der Waals surface area contributed by atoms with Crippen molar-refractivity contribution in [3.8, 4) is 16.3 Å². The van der Waals surface area contributed by atoms with Gasteiger partial charge in [-0.25, -0.2) is 8.78 Å². The third-order valence-electron chi connectivity index (χ3n) is 5.66. The highest BCUT2D eigenvalue weighted by Gasteiger charge is 2.38. The third-order valence-corrected chi connectivity index (χ3v) is 6.62. The standard InChI is InChI=1S/C22H24F2N4O4S/c1-11(2)28-14(10-32-3)8-27-9-15(19(29)20(30)18(27)22(28)31)21-26-25-17(33-21)6-12-4-5-13(23)7-16(12)24/h4-5,7,9,11,14,22,30-31H,6,8,10H2,1-3H3/t14-,22?/m1/s1. The molecule has 3 heterocycles. The summed E-state index contributed by atoms with van der Waals surface area (Å²) < 4.78 is 34.1. The predicted molar refractivity (Wildman–Crippen MR) is 118 cm³/mol. The van der Waals surface area contributed by atoms with E-state index in [1.165, 1.54) is 6.07 Å². The quantitative estimate of drug-likeness (QED) is 0.562. The van der Waals surface area contributed by atoms with Crippen molar-refractivity contribution in [2.75, 3.05) is 13.7 Å². The number of hydrogen-bond donors (Lipinski definition) is 2. The Bertz CT molecular complexity index is 1230. The number of rotatable bonds is 6. The van der Waals surface area contributed by atoms with Crippen molar-refractivity contribution >= 4 is 11.3 Å². The number of aliphatic hydroxyl groups excluding tert-OH is 1. The van der Waals surface area contributed by atoms with Crippen molar-refractivity contribution in [3.05, 3.63) is 62.5 Å². The number of aromatic nitrogens is 3. The fourth-order valence-electron chi connectivity index (χ4n) is 4.20. The van der Waals surface area contributed by atoms with E-state index in [9.17, 15) is 23.8 Å². The van der Waals surface area contributed by atoms with Gasteiger partial charge >= 0.3 is 0 Å². The van der Waals surface area contributed by atoms with Crippen LogP contribution in [0, 0.1) is 11.6 Å². The van der Waals surface area contributed by atoms with Gasteiger partial charge in [-0.2, -0.15) is 0 Å². The molecular weight excluding hydrogens is 454 g/mol. The molecule has 2 atom stereocenters. The van der Waals surface area contributed by atoms with Crippen molar-refractivity contribution < 1.29 is 23.7 Å². The molecule has 1 aliphatic rings. The first-order chi connectivity index (χ1) is 15.7. The Morgan fingerprint density at radius 1 is 1.30 bits per heavy atom. The Labute approximate surface area is 192 Å². The lowest BCUT2D eigenvalue weighted by atomic mass is 10.1. The molecule has 1 unspecified atom stereocenters. The highest BCUT2D eigenvalue weighted by Crippen LogP contribution is 2.35. The molecule has 2 aromatic heterocycles. The largest absolute Gasteiger partial charge is 0.503 e. The summed E-state index contributed by atoms with van der Waals surface area (Å²) in [6.45, 7) is 4.56. The minimum absolute atomic E-state index is 0.0549. The molecule has 11 heteroatoms. The average molecular weight is 479 g/mol. The number of hydrogen-bond acceptors (Lipinski definition) is 8. The summed E-state index contributed by atoms with van der Waals surface area (Å²) in [5.41, 5.74) is -0.183. The zero-order chi connectivity index (χ0) is 23.9. The summed E-state index contributed by atoms with van der Waals surface area (Å²) in [7, 11) is 1.57. The van der Waals surface area contributed by atoms with Crippen LogP contribution in [0.25, 0.3) is 10.6 Å². The SMILES string of the molecule is COC[C@H]1Cn2cc(-c3nnc(Cc4ccc(F)cc4F)s3)c(=O)c(O)c2C(O)N1C(C)C. The number of halogens is 2. The molecule has 2 N–H and O–H groups in total. The molecular formula is C22H24F2N4O4S. The Balaban J connectivity index is 1.70. The van der Waals surface area contributed by atoms with Crippen molar-refractivity contribution in [2.24, 2.45) is 0 Å². The minimum Gasteiger partial charge on any atom is -0.503 e. The van der Waals surface area contributed by atoms with E-state index in [0.29, 0.717) is 18.2 Å². The number of methoxy groups -OCH3 is 1. The number of ether oxygens (including phenoxy) is 1. The van der Waals surface area contributed by atoms with Crippen LogP contribution in [0.2, 0.25) is 0 Å². The number of nitrogens with zero attached hydrogens (tertiary/aromatic N) is 4. The number of aromatic hydroxyl groups is 1. The lowest BCUT2D eigenvalue weighted by Gasteiger charge is -2.43. The van der Waals surface area contributed by atoms with E-state index in [-0.39, 0.29) is 40.3 Å². The summed E-state index contributed by atoms with van der Waals surface area (Å²) in [6, 6.07) is 3.06. The first-order valence-corrected chi connectivity index (χ1v) is 11.2. The summed E-state index contributed by atoms with van der Waals surface area (Å²) in [5, 5.41) is 30.4. The third kappa shape index (κ3) is 4.41. The van der Waals surface area contributed by atoms with Crippen molar-refractivity contribution in [2.45, 2.75) is 45.1 Å². The average Bonchev–Trinajstić information content (AvgIpc) is 3.20. The van der Waals surface area contributed by atoms with Crippen molar-refractivity contribution in [3.63, 3.8) is 0 Å². The van der Waals surface area contributed by atoms with Crippen LogP contribution in [0.3, 0.4) is 0 Å². The molecule has 0 aliphatic carbocycles. The topological polar surface area (TPSA) is 101 Å². The van der Waals surface area contributed by atoms with Gasteiger partial charge in [0.05, 0.1) is 18.2 Å². The minimum atomic E-state index is -1.19. The van der Waals surface area contributed by atoms with Crippen LogP contribution < -0.4 is 5.43 Å². The molecule has 1 aliphatic heterocycles. The summed E-state index contributed by atoms with van der Waals surface area (Å²) in [6.07, 6.45) is 0.441. The second kappa shape index (κ2) is 9.26. The number of aliphatic hydroxyl groups is 1. The predicted octanol–water partition coefficient (Wildman–Crippen LogP) is 2.67. The second-order valence-corrected chi connectivity index (χ2v) is 9.26. The maximum Gasteiger partial charge on any atom is 0.233 e. The van der Waals surface area contributed by atoms with Crippen LogP contribution in [-0.2, 0) is 17.7 Å². The zero-order valence-electron chi connectivity index (χ0n) is 18.3. The van der Waals surface area contributed by atoms with E-state index in [1.54, 1.807) is 22.8 Å². The molecule has 3 aromatic rings. The van der Waals surface area contributed by atoms with Gasteiger partial charge in [-0.3, -0.25) is 9.69 Å². The highest BCUT2D eigenvalue weighted by atomic mass is 32.1. The zero-order valence-corrected chi connectivity index (χ0v) is 19.1. The Morgan fingerprint density at radius 2 is 2.06 bits per heavy atom. The molecule has 1 aromatic carbocycles. The van der Waals surface area contributed by atoms with E-state index in [1.807, 2.05) is 13.8 Å². The molecule has 33 heavy (non-hydrogen) atoms. The first kappa shape index (κ1) is 23.4. The number of benzene rings is 1. The van der Waals surface area contributed by atoms with Gasteiger partial charge in [-0.15, -0.1) is 10.2 Å². The van der Waals surface area contributed by atoms with Crippen LogP contribution in [0.1, 0.15) is 36.3 Å². The molecule has 176 valence electrons. The maximum absolute atomic E-state index is 14.0. The molecule has 8 nitrogen and oxygen atoms in total. The summed E-state index contributed by atoms with van der Waals surface area (Å²) in [5.74, 6) is -1.91. The molecule has 0 spiro atoms. The molecule has 4 rings (SSSR count). The Kier molecular flexibility index (Phi) is 6.57. The van der Waals surface area contributed by atoms with E-state index >= 15 is 0 Å². The smallest absolute Gasteiger partial charge is 0.233 e. The summed E-state index contributed by atoms with van der Waals surface area (Å²) >= 11 is 1.08. The number of pyridine rings is 1. The van der Waals surface area contributed by atoms with Gasteiger partial charge in [0.1, 0.15) is 22.3 Å². The fourth-order valence-corrected chi connectivity index (χ4v) is 5.07. The van der Waals surface area contributed by atoms with Gasteiger partial charge in [0.25, 0.3) is 0 Å². The van der Waals surface area contributed by atoms with Crippen LogP contribution in [0.4, 0.5) is 8.78 Å². The first-order valence-electron chi connectivity index (χ1n) is 10.4. The maximum atomic E-state index is 14.0. The van der Waals surface area contributed by atoms with Crippen LogP contribution in [0.15, 0.2) is 29.2 Å². The van der Waals surface area contributed by atoms with Crippen LogP contribution in [-0.4, -0.2) is 55.7 Å². The normalized spacial score (nSPS) is 18.6. The molecule has 0 bridgehead atoms. The fraction of sp³-hybridized carbons (Fsp3) is 0.409. The molecule has 0 fully saturated rings. The van der Waals surface area contributed by atoms with E-state index in [2.05, 4.69) is 10.2 Å². The van der Waals surface area contributed by atoms with Crippen LogP contribution in [0.5, 0.6) is 5.75 Å². The molecule has 0 saturated heterocycles. The van der Waals surface area contributed by atoms with E-state index in [0.717, 1.165) is 23.5 Å². The van der Waals surface area contributed by atoms with E-state index in [4.69, 9.17) is 4.74 Å². The second-order valence-electron chi connectivity index (χ2n) is 8.20. The Hall–Kier alpha value is -2.73. The van der Waals surface area contributed by atoms with Gasteiger partial charge in [0.2, 0.25) is 5.43 Å².